The number of nitrogens with zero attached hydrogens (tertiary/aromatic N) is 2. The van der Waals surface area contributed by atoms with Gasteiger partial charge in [-0.3, -0.25) is 4.99 Å². The first-order valence-electron chi connectivity index (χ1n) is 8.96. The van der Waals surface area contributed by atoms with E-state index in [1.54, 1.807) is 0 Å². The Bertz CT molecular complexity index is 298. The smallest absolute Gasteiger partial charge is 0.194 e. The van der Waals surface area contributed by atoms with Crippen molar-refractivity contribution in [3.63, 3.8) is 0 Å². The predicted molar refractivity (Wildman–Crippen MR) is 92.5 cm³/mol. The minimum atomic E-state index is 0.662. The Morgan fingerprint density at radius 2 is 1.95 bits per heavy atom. The van der Waals surface area contributed by atoms with Crippen molar-refractivity contribution in [3.8, 4) is 0 Å². The first kappa shape index (κ1) is 19.2. The zero-order valence-corrected chi connectivity index (χ0v) is 14.8. The average molecular weight is 313 g/mol. The van der Waals surface area contributed by atoms with Gasteiger partial charge in [-0.25, -0.2) is 0 Å². The molecule has 1 rings (SSSR count). The highest BCUT2D eigenvalue weighted by atomic mass is 16.5. The minimum absolute atomic E-state index is 0.662. The fourth-order valence-corrected chi connectivity index (χ4v) is 2.59. The Kier molecular flexibility index (Phi) is 11.1. The number of unbranched alkanes of at least 4 members (excludes halogenated alkanes) is 1. The van der Waals surface area contributed by atoms with Crippen molar-refractivity contribution in [3.05, 3.63) is 0 Å². The Morgan fingerprint density at radius 1 is 1.18 bits per heavy atom. The number of nitrogens with one attached hydrogen (secondary N) is 1. The second-order valence-corrected chi connectivity index (χ2v) is 6.01. The van der Waals surface area contributed by atoms with E-state index in [0.717, 1.165) is 44.5 Å². The van der Waals surface area contributed by atoms with Crippen molar-refractivity contribution in [1.29, 1.82) is 0 Å². The quantitative estimate of drug-likeness (QED) is 0.382. The summed E-state index contributed by atoms with van der Waals surface area (Å²) in [6.45, 7) is 13.3. The number of hydrogen-bond acceptors (Lipinski definition) is 3. The fraction of sp³-hybridized carbons (Fsp3) is 0.941. The molecule has 0 aromatic heterocycles. The van der Waals surface area contributed by atoms with Crippen LogP contribution in [0.5, 0.6) is 0 Å². The third kappa shape index (κ3) is 8.59. The first-order valence-corrected chi connectivity index (χ1v) is 8.96. The highest BCUT2D eigenvalue weighted by Crippen LogP contribution is 2.15. The Labute approximate surface area is 136 Å². The number of ether oxygens (including phenoxy) is 2. The lowest BCUT2D eigenvalue weighted by Crippen LogP contribution is -2.46. The Hall–Kier alpha value is -0.810. The van der Waals surface area contributed by atoms with E-state index in [-0.39, 0.29) is 0 Å². The van der Waals surface area contributed by atoms with Gasteiger partial charge < -0.3 is 19.7 Å². The van der Waals surface area contributed by atoms with Crippen LogP contribution in [0.2, 0.25) is 0 Å². The summed E-state index contributed by atoms with van der Waals surface area (Å²) in [7, 11) is 0. The zero-order valence-electron chi connectivity index (χ0n) is 14.8. The van der Waals surface area contributed by atoms with Crippen LogP contribution < -0.4 is 5.32 Å². The molecule has 0 spiro atoms. The van der Waals surface area contributed by atoms with Crippen molar-refractivity contribution in [2.75, 3.05) is 52.6 Å². The van der Waals surface area contributed by atoms with Crippen LogP contribution in [-0.2, 0) is 9.47 Å². The maximum Gasteiger partial charge on any atom is 0.194 e. The van der Waals surface area contributed by atoms with Gasteiger partial charge in [0, 0.05) is 26.2 Å². The van der Waals surface area contributed by atoms with Crippen molar-refractivity contribution in [2.24, 2.45) is 10.9 Å². The van der Waals surface area contributed by atoms with Crippen molar-refractivity contribution >= 4 is 5.96 Å². The third-order valence-electron chi connectivity index (χ3n) is 3.80. The molecule has 1 N–H and O–H groups in total. The number of likely N-dealkylation sites (tertiary alicyclic amines) is 1. The van der Waals surface area contributed by atoms with E-state index >= 15 is 0 Å². The van der Waals surface area contributed by atoms with Crippen LogP contribution in [0.1, 0.15) is 46.5 Å². The summed E-state index contributed by atoms with van der Waals surface area (Å²) in [4.78, 5) is 7.06. The molecule has 1 atom stereocenters. The van der Waals surface area contributed by atoms with Gasteiger partial charge in [0.1, 0.15) is 0 Å². The molecule has 22 heavy (non-hydrogen) atoms. The zero-order chi connectivity index (χ0) is 16.0. The van der Waals surface area contributed by atoms with Gasteiger partial charge in [-0.1, -0.05) is 20.3 Å². The van der Waals surface area contributed by atoms with Crippen LogP contribution >= 0.6 is 0 Å². The monoisotopic (exact) mass is 313 g/mol. The molecular formula is C17H35N3O2. The standard InChI is InChI=1S/C17H35N3O2/c1-4-6-11-21-13-14-22-12-9-19-17(18-5-2)20-10-7-8-16(3)15-20/h16H,4-15H2,1-3H3,(H,18,19). The van der Waals surface area contributed by atoms with Gasteiger partial charge in [0.2, 0.25) is 0 Å². The van der Waals surface area contributed by atoms with Gasteiger partial charge in [0.05, 0.1) is 26.4 Å². The molecule has 1 saturated heterocycles. The first-order chi connectivity index (χ1) is 10.8. The lowest BCUT2D eigenvalue weighted by atomic mass is 10.0. The van der Waals surface area contributed by atoms with E-state index in [1.165, 1.54) is 19.3 Å². The number of guanidine groups is 1. The van der Waals surface area contributed by atoms with Crippen LogP contribution in [0.3, 0.4) is 0 Å². The molecule has 0 aliphatic carbocycles. The fourth-order valence-electron chi connectivity index (χ4n) is 2.59. The number of aliphatic imine (C=N–C) groups is 1. The molecule has 0 bridgehead atoms. The number of rotatable bonds is 10. The topological polar surface area (TPSA) is 46.1 Å². The van der Waals surface area contributed by atoms with Gasteiger partial charge in [-0.05, 0) is 32.1 Å². The molecule has 0 aromatic carbocycles. The SMILES string of the molecule is CCCCOCCOCCN=C(NCC)N1CCCC(C)C1. The highest BCUT2D eigenvalue weighted by molar-refractivity contribution is 5.80. The third-order valence-corrected chi connectivity index (χ3v) is 3.80. The number of piperidine rings is 1. The summed E-state index contributed by atoms with van der Waals surface area (Å²) in [5, 5.41) is 3.39. The molecule has 1 unspecified atom stereocenters. The largest absolute Gasteiger partial charge is 0.379 e. The lowest BCUT2D eigenvalue weighted by molar-refractivity contribution is 0.0497. The molecule has 1 fully saturated rings. The molecule has 1 aliphatic heterocycles. The van der Waals surface area contributed by atoms with E-state index in [2.05, 4.69) is 36.0 Å². The van der Waals surface area contributed by atoms with Gasteiger partial charge >= 0.3 is 0 Å². The van der Waals surface area contributed by atoms with Crippen molar-refractivity contribution in [1.82, 2.24) is 10.2 Å². The molecule has 0 radical (unpaired) electrons. The summed E-state index contributed by atoms with van der Waals surface area (Å²) in [6, 6.07) is 0. The van der Waals surface area contributed by atoms with Crippen LogP contribution in [0.15, 0.2) is 4.99 Å². The molecule has 1 aliphatic rings. The Balaban J connectivity index is 2.16. The lowest BCUT2D eigenvalue weighted by Gasteiger charge is -2.33. The second kappa shape index (κ2) is 12.7. The molecule has 5 heteroatoms. The summed E-state index contributed by atoms with van der Waals surface area (Å²) < 4.78 is 11.0. The predicted octanol–water partition coefficient (Wildman–Crippen LogP) is 2.52. The van der Waals surface area contributed by atoms with Gasteiger partial charge in [0.25, 0.3) is 0 Å². The maximum absolute atomic E-state index is 5.57. The Morgan fingerprint density at radius 3 is 2.64 bits per heavy atom. The van der Waals surface area contributed by atoms with Gasteiger partial charge in [-0.2, -0.15) is 0 Å². The normalized spacial score (nSPS) is 19.5. The van der Waals surface area contributed by atoms with E-state index in [9.17, 15) is 0 Å². The van der Waals surface area contributed by atoms with E-state index in [4.69, 9.17) is 9.47 Å². The summed E-state index contributed by atoms with van der Waals surface area (Å²) in [6.07, 6.45) is 4.90. The van der Waals surface area contributed by atoms with Crippen molar-refractivity contribution < 1.29 is 9.47 Å². The summed E-state index contributed by atoms with van der Waals surface area (Å²) in [5.74, 6) is 1.80. The second-order valence-electron chi connectivity index (χ2n) is 6.01. The average Bonchev–Trinajstić information content (AvgIpc) is 2.52. The van der Waals surface area contributed by atoms with Crippen LogP contribution in [0.25, 0.3) is 0 Å². The van der Waals surface area contributed by atoms with Gasteiger partial charge in [0.15, 0.2) is 5.96 Å². The van der Waals surface area contributed by atoms with Crippen LogP contribution in [0.4, 0.5) is 0 Å². The maximum atomic E-state index is 5.57. The minimum Gasteiger partial charge on any atom is -0.379 e. The van der Waals surface area contributed by atoms with Crippen LogP contribution in [0, 0.1) is 5.92 Å². The van der Waals surface area contributed by atoms with Crippen molar-refractivity contribution in [2.45, 2.75) is 46.5 Å². The highest BCUT2D eigenvalue weighted by Gasteiger charge is 2.18. The summed E-state index contributed by atoms with van der Waals surface area (Å²) >= 11 is 0. The van der Waals surface area contributed by atoms with Gasteiger partial charge in [-0.15, -0.1) is 0 Å². The molecule has 0 amide bonds. The van der Waals surface area contributed by atoms with E-state index in [0.29, 0.717) is 26.4 Å². The van der Waals surface area contributed by atoms with E-state index < -0.39 is 0 Å². The molecule has 5 nitrogen and oxygen atoms in total. The van der Waals surface area contributed by atoms with Crippen LogP contribution in [-0.4, -0.2) is 63.5 Å². The molecule has 130 valence electrons. The summed E-state index contributed by atoms with van der Waals surface area (Å²) in [5.41, 5.74) is 0. The molecule has 0 aromatic rings. The molecule has 0 saturated carbocycles. The van der Waals surface area contributed by atoms with E-state index in [1.807, 2.05) is 0 Å². The number of hydrogen-bond donors (Lipinski definition) is 1. The molecule has 1 heterocycles. The molecular weight excluding hydrogens is 278 g/mol.